The zero-order chi connectivity index (χ0) is 13.1. The maximum absolute atomic E-state index is 10.9. The van der Waals surface area contributed by atoms with Crippen LogP contribution in [0, 0.1) is 21.4 Å². The molecule has 1 aliphatic rings. The Labute approximate surface area is 117 Å². The number of nitro groups is 1. The maximum atomic E-state index is 10.9. The summed E-state index contributed by atoms with van der Waals surface area (Å²) in [4.78, 5) is 10.4. The molecule has 0 N–H and O–H groups in total. The minimum Gasteiger partial charge on any atom is -0.486 e. The summed E-state index contributed by atoms with van der Waals surface area (Å²) in [6.45, 7) is 0.416. The summed E-state index contributed by atoms with van der Waals surface area (Å²) in [6, 6.07) is 4.78. The third kappa shape index (κ3) is 2.33. The maximum Gasteiger partial charge on any atom is 0.277 e. The molecule has 0 aliphatic carbocycles. The van der Waals surface area contributed by atoms with Crippen LogP contribution in [0.25, 0.3) is 0 Å². The molecule has 6 nitrogen and oxygen atoms in total. The predicted octanol–water partition coefficient (Wildman–Crippen LogP) is 2.24. The molecule has 0 aromatic heterocycles. The van der Waals surface area contributed by atoms with Crippen LogP contribution in [-0.2, 0) is 6.42 Å². The lowest BCUT2D eigenvalue weighted by atomic mass is 10.1. The first-order valence-electron chi connectivity index (χ1n) is 5.20. The molecule has 0 saturated heterocycles. The van der Waals surface area contributed by atoms with Gasteiger partial charge in [-0.3, -0.25) is 10.1 Å². The summed E-state index contributed by atoms with van der Waals surface area (Å²) < 4.78 is 11.9. The summed E-state index contributed by atoms with van der Waals surface area (Å²) in [5.41, 5.74) is 0.183. The molecular weight excluding hydrogens is 351 g/mol. The molecule has 1 aromatic rings. The van der Waals surface area contributed by atoms with E-state index in [1.807, 2.05) is 6.07 Å². The Morgan fingerprint density at radius 2 is 2.39 bits per heavy atom. The normalized spacial score (nSPS) is 17.0. The average molecular weight is 360 g/mol. The highest BCUT2D eigenvalue weighted by Crippen LogP contribution is 2.40. The Kier molecular flexibility index (Phi) is 3.86. The van der Waals surface area contributed by atoms with Gasteiger partial charge >= 0.3 is 0 Å². The summed E-state index contributed by atoms with van der Waals surface area (Å²) in [5.74, 6) is 0.797. The first-order chi connectivity index (χ1) is 8.67. The van der Waals surface area contributed by atoms with Gasteiger partial charge in [-0.2, -0.15) is 5.26 Å². The molecule has 94 valence electrons. The Bertz CT molecular complexity index is 527. The first-order valence-corrected chi connectivity index (χ1v) is 6.72. The van der Waals surface area contributed by atoms with Crippen molar-refractivity contribution in [1.82, 2.24) is 0 Å². The van der Waals surface area contributed by atoms with Gasteiger partial charge in [0.05, 0.1) is 23.0 Å². The molecule has 0 amide bonds. The number of nitro benzene ring substituents is 1. The SMILES string of the molecule is N#CCc1c([N+](=O)[O-])ccc2c1OC(CI)CO2. The van der Waals surface area contributed by atoms with Gasteiger partial charge in [0.1, 0.15) is 12.7 Å². The minimum atomic E-state index is -0.510. The number of hydrogen-bond donors (Lipinski definition) is 0. The highest BCUT2D eigenvalue weighted by Gasteiger charge is 2.28. The molecule has 1 aromatic carbocycles. The van der Waals surface area contributed by atoms with Gasteiger partial charge in [-0.05, 0) is 6.07 Å². The van der Waals surface area contributed by atoms with Gasteiger partial charge in [-0.1, -0.05) is 22.6 Å². The van der Waals surface area contributed by atoms with E-state index in [-0.39, 0.29) is 23.8 Å². The summed E-state index contributed by atoms with van der Waals surface area (Å²) in [5, 5.41) is 19.7. The van der Waals surface area contributed by atoms with Crippen molar-refractivity contribution < 1.29 is 14.4 Å². The fraction of sp³-hybridized carbons (Fsp3) is 0.364. The van der Waals surface area contributed by atoms with Gasteiger partial charge < -0.3 is 9.47 Å². The van der Waals surface area contributed by atoms with E-state index in [2.05, 4.69) is 22.6 Å². The van der Waals surface area contributed by atoms with Crippen LogP contribution < -0.4 is 9.47 Å². The van der Waals surface area contributed by atoms with E-state index in [0.717, 1.165) is 0 Å². The van der Waals surface area contributed by atoms with E-state index >= 15 is 0 Å². The lowest BCUT2D eigenvalue weighted by Crippen LogP contribution is -2.31. The smallest absolute Gasteiger partial charge is 0.277 e. The quantitative estimate of drug-likeness (QED) is 0.357. The number of nitrogens with zero attached hydrogens (tertiary/aromatic N) is 2. The van der Waals surface area contributed by atoms with Crippen LogP contribution in [0.2, 0.25) is 0 Å². The molecule has 7 heteroatoms. The van der Waals surface area contributed by atoms with Crippen molar-refractivity contribution in [2.45, 2.75) is 12.5 Å². The Hall–Kier alpha value is -1.56. The molecule has 0 radical (unpaired) electrons. The number of fused-ring (bicyclic) bond motifs is 1. The molecule has 0 fully saturated rings. The topological polar surface area (TPSA) is 85.4 Å². The highest BCUT2D eigenvalue weighted by molar-refractivity contribution is 14.1. The largest absolute Gasteiger partial charge is 0.486 e. The molecule has 0 saturated carbocycles. The number of hydrogen-bond acceptors (Lipinski definition) is 5. The van der Waals surface area contributed by atoms with Crippen molar-refractivity contribution in [3.05, 3.63) is 27.8 Å². The third-order valence-corrected chi connectivity index (χ3v) is 3.52. The van der Waals surface area contributed by atoms with Gasteiger partial charge in [0.15, 0.2) is 11.5 Å². The second kappa shape index (κ2) is 5.39. The molecule has 1 aliphatic heterocycles. The molecule has 0 spiro atoms. The molecule has 1 atom stereocenters. The molecule has 0 bridgehead atoms. The van der Waals surface area contributed by atoms with E-state index in [0.29, 0.717) is 22.5 Å². The van der Waals surface area contributed by atoms with Gasteiger partial charge in [0.2, 0.25) is 0 Å². The van der Waals surface area contributed by atoms with Gasteiger partial charge in [0.25, 0.3) is 5.69 Å². The van der Waals surface area contributed by atoms with Crippen molar-refractivity contribution in [2.75, 3.05) is 11.0 Å². The van der Waals surface area contributed by atoms with Crippen LogP contribution in [-0.4, -0.2) is 22.1 Å². The molecule has 1 heterocycles. The molecular formula is C11H9IN2O4. The van der Waals surface area contributed by atoms with Gasteiger partial charge in [-0.15, -0.1) is 0 Å². The second-order valence-electron chi connectivity index (χ2n) is 3.69. The number of alkyl halides is 1. The molecule has 1 unspecified atom stereocenters. The number of benzene rings is 1. The summed E-state index contributed by atoms with van der Waals surface area (Å²) >= 11 is 2.16. The van der Waals surface area contributed by atoms with Crippen molar-refractivity contribution >= 4 is 28.3 Å². The van der Waals surface area contributed by atoms with Crippen LogP contribution in [0.15, 0.2) is 12.1 Å². The monoisotopic (exact) mass is 360 g/mol. The van der Waals surface area contributed by atoms with Gasteiger partial charge in [-0.25, -0.2) is 0 Å². The van der Waals surface area contributed by atoms with E-state index in [1.54, 1.807) is 0 Å². The van der Waals surface area contributed by atoms with Crippen LogP contribution in [0.5, 0.6) is 11.5 Å². The highest BCUT2D eigenvalue weighted by atomic mass is 127. The number of rotatable bonds is 3. The van der Waals surface area contributed by atoms with Crippen molar-refractivity contribution in [3.8, 4) is 17.6 Å². The number of ether oxygens (including phenoxy) is 2. The van der Waals surface area contributed by atoms with E-state index in [4.69, 9.17) is 14.7 Å². The van der Waals surface area contributed by atoms with E-state index in [1.165, 1.54) is 12.1 Å². The lowest BCUT2D eigenvalue weighted by Gasteiger charge is -2.26. The van der Waals surface area contributed by atoms with Crippen LogP contribution in [0.1, 0.15) is 5.56 Å². The summed E-state index contributed by atoms with van der Waals surface area (Å²) in [6.07, 6.45) is -0.214. The lowest BCUT2D eigenvalue weighted by molar-refractivity contribution is -0.385. The predicted molar refractivity (Wildman–Crippen MR) is 71.2 cm³/mol. The van der Waals surface area contributed by atoms with Crippen LogP contribution >= 0.6 is 22.6 Å². The Morgan fingerprint density at radius 3 is 3.00 bits per heavy atom. The van der Waals surface area contributed by atoms with Gasteiger partial charge in [0, 0.05) is 10.5 Å². The van der Waals surface area contributed by atoms with Crippen molar-refractivity contribution in [1.29, 1.82) is 5.26 Å². The number of nitriles is 1. The van der Waals surface area contributed by atoms with E-state index < -0.39 is 4.92 Å². The second-order valence-corrected chi connectivity index (χ2v) is 4.57. The van der Waals surface area contributed by atoms with Crippen LogP contribution in [0.3, 0.4) is 0 Å². The van der Waals surface area contributed by atoms with Crippen LogP contribution in [0.4, 0.5) is 5.69 Å². The standard InChI is InChI=1S/C11H9IN2O4/c12-5-7-6-17-10-2-1-9(14(15)16)8(3-4-13)11(10)18-7/h1-2,7H,3,5-6H2. The fourth-order valence-electron chi connectivity index (χ4n) is 1.72. The minimum absolute atomic E-state index is 0.0726. The zero-order valence-corrected chi connectivity index (χ0v) is 11.4. The Balaban J connectivity index is 2.51. The summed E-state index contributed by atoms with van der Waals surface area (Å²) in [7, 11) is 0. The van der Waals surface area contributed by atoms with E-state index in [9.17, 15) is 10.1 Å². The third-order valence-electron chi connectivity index (χ3n) is 2.53. The Morgan fingerprint density at radius 1 is 1.61 bits per heavy atom. The fourth-order valence-corrected chi connectivity index (χ4v) is 2.15. The first kappa shape index (κ1) is 12.9. The molecule has 18 heavy (non-hydrogen) atoms. The average Bonchev–Trinajstić information content (AvgIpc) is 2.38. The zero-order valence-electron chi connectivity index (χ0n) is 9.26. The number of halogens is 1. The van der Waals surface area contributed by atoms with Crippen molar-refractivity contribution in [2.24, 2.45) is 0 Å². The van der Waals surface area contributed by atoms with Crippen molar-refractivity contribution in [3.63, 3.8) is 0 Å². The molecule has 2 rings (SSSR count).